The zero-order valence-corrected chi connectivity index (χ0v) is 15.6. The van der Waals surface area contributed by atoms with Gasteiger partial charge in [-0.2, -0.15) is 5.10 Å². The summed E-state index contributed by atoms with van der Waals surface area (Å²) in [6.07, 6.45) is 7.86. The second-order valence-corrected chi connectivity index (χ2v) is 8.68. The summed E-state index contributed by atoms with van der Waals surface area (Å²) in [5.74, 6) is -0.0260. The van der Waals surface area contributed by atoms with Crippen molar-refractivity contribution in [1.29, 1.82) is 0 Å². The van der Waals surface area contributed by atoms with E-state index in [1.54, 1.807) is 11.3 Å². The highest BCUT2D eigenvalue weighted by atomic mass is 32.1. The molecule has 2 atom stereocenters. The lowest BCUT2D eigenvalue weighted by atomic mass is 9.76. The van der Waals surface area contributed by atoms with Crippen molar-refractivity contribution in [3.63, 3.8) is 0 Å². The number of thiophene rings is 1. The molecule has 3 aliphatic heterocycles. The van der Waals surface area contributed by atoms with Gasteiger partial charge in [-0.1, -0.05) is 12.1 Å². The monoisotopic (exact) mass is 366 g/mol. The molecule has 0 radical (unpaired) electrons. The summed E-state index contributed by atoms with van der Waals surface area (Å²) >= 11 is 1.75. The van der Waals surface area contributed by atoms with Crippen LogP contribution in [0.25, 0.3) is 5.57 Å². The van der Waals surface area contributed by atoms with Gasteiger partial charge < -0.3 is 10.6 Å². The normalized spacial score (nSPS) is 30.8. The first-order chi connectivity index (χ1) is 12.6. The number of rotatable bonds is 3. The topological polar surface area (TPSA) is 71.1 Å². The Morgan fingerprint density at radius 3 is 2.69 bits per heavy atom. The number of piperidine rings is 1. The molecule has 5 rings (SSSR count). The maximum atomic E-state index is 11.9. The molecule has 2 N–H and O–H groups in total. The van der Waals surface area contributed by atoms with Crippen LogP contribution >= 0.6 is 11.3 Å². The number of amides is 1. The minimum absolute atomic E-state index is 0.350. The lowest BCUT2D eigenvalue weighted by Gasteiger charge is -2.38. The summed E-state index contributed by atoms with van der Waals surface area (Å²) in [5.41, 5.74) is 10.3. The Hall–Kier alpha value is -2.05. The number of hydrogen-bond acceptors (Lipinski definition) is 5. The highest BCUT2D eigenvalue weighted by molar-refractivity contribution is 7.11. The van der Waals surface area contributed by atoms with Crippen molar-refractivity contribution in [2.75, 3.05) is 7.05 Å². The lowest BCUT2D eigenvalue weighted by Crippen LogP contribution is -2.41. The van der Waals surface area contributed by atoms with E-state index >= 15 is 0 Å². The molecule has 0 spiro atoms. The fourth-order valence-corrected chi connectivity index (χ4v) is 5.79. The first kappa shape index (κ1) is 16.1. The van der Waals surface area contributed by atoms with Gasteiger partial charge in [0.05, 0.1) is 5.71 Å². The molecule has 0 aromatic carbocycles. The maximum absolute atomic E-state index is 11.9. The van der Waals surface area contributed by atoms with Gasteiger partial charge in [-0.05, 0) is 61.2 Å². The number of primary amides is 1. The predicted molar refractivity (Wildman–Crippen MR) is 105 cm³/mol. The minimum Gasteiger partial charge on any atom is -0.364 e. The van der Waals surface area contributed by atoms with Gasteiger partial charge in [0.15, 0.2) is 5.71 Å². The van der Waals surface area contributed by atoms with Crippen LogP contribution in [0.1, 0.15) is 37.0 Å². The summed E-state index contributed by atoms with van der Waals surface area (Å²) in [6, 6.07) is 5.52. The van der Waals surface area contributed by atoms with Gasteiger partial charge in [0.1, 0.15) is 0 Å². The first-order valence-corrected chi connectivity index (χ1v) is 10.2. The fourth-order valence-electron chi connectivity index (χ4n) is 5.04. The van der Waals surface area contributed by atoms with Crippen molar-refractivity contribution in [2.24, 2.45) is 21.9 Å². The molecule has 5 nitrogen and oxygen atoms in total. The molecule has 1 amide bonds. The van der Waals surface area contributed by atoms with Crippen LogP contribution in [-0.4, -0.2) is 41.4 Å². The van der Waals surface area contributed by atoms with E-state index in [4.69, 9.17) is 5.73 Å². The average Bonchev–Trinajstić information content (AvgIpc) is 3.33. The van der Waals surface area contributed by atoms with E-state index in [1.165, 1.54) is 28.9 Å². The first-order valence-electron chi connectivity index (χ1n) is 9.27. The van der Waals surface area contributed by atoms with Gasteiger partial charge in [0, 0.05) is 29.0 Å². The fraction of sp³-hybridized carbons (Fsp3) is 0.450. The summed E-state index contributed by atoms with van der Waals surface area (Å²) in [5, 5.41) is 10.6. The van der Waals surface area contributed by atoms with E-state index in [0.717, 1.165) is 30.5 Å². The molecular weight excluding hydrogens is 344 g/mol. The second kappa shape index (κ2) is 5.99. The van der Waals surface area contributed by atoms with E-state index in [9.17, 15) is 4.79 Å². The van der Waals surface area contributed by atoms with E-state index in [-0.39, 0.29) is 0 Å². The number of nitrogens with two attached hydrogens (primary N) is 1. The van der Waals surface area contributed by atoms with Gasteiger partial charge in [-0.15, -0.1) is 16.4 Å². The highest BCUT2D eigenvalue weighted by Crippen LogP contribution is 2.45. The molecule has 0 saturated carbocycles. The number of allylic oxidation sites excluding steroid dienone is 3. The van der Waals surface area contributed by atoms with Crippen molar-refractivity contribution in [3.05, 3.63) is 39.6 Å². The molecule has 2 bridgehead atoms. The summed E-state index contributed by atoms with van der Waals surface area (Å²) < 4.78 is 0. The SMILES string of the molecule is CN1C2CCC1CC(C1=C3C(=NN=C3C(N)=O)CC(c3cccs3)=C1)C2. The Bertz CT molecular complexity index is 879. The quantitative estimate of drug-likeness (QED) is 0.893. The Morgan fingerprint density at radius 2 is 2.04 bits per heavy atom. The van der Waals surface area contributed by atoms with Crippen molar-refractivity contribution in [1.82, 2.24) is 4.90 Å². The smallest absolute Gasteiger partial charge is 0.269 e. The summed E-state index contributed by atoms with van der Waals surface area (Å²) in [6.45, 7) is 0. The number of nitrogens with zero attached hydrogens (tertiary/aromatic N) is 3. The predicted octanol–water partition coefficient (Wildman–Crippen LogP) is 3.00. The average molecular weight is 366 g/mol. The molecule has 6 heteroatoms. The third-order valence-electron chi connectivity index (χ3n) is 6.38. The molecule has 1 aliphatic carbocycles. The van der Waals surface area contributed by atoms with Crippen LogP contribution in [0, 0.1) is 5.92 Å². The van der Waals surface area contributed by atoms with Crippen molar-refractivity contribution >= 4 is 34.2 Å². The van der Waals surface area contributed by atoms with Gasteiger partial charge >= 0.3 is 0 Å². The van der Waals surface area contributed by atoms with Crippen LogP contribution in [0.2, 0.25) is 0 Å². The lowest BCUT2D eigenvalue weighted by molar-refractivity contribution is -0.111. The molecule has 2 fully saturated rings. The van der Waals surface area contributed by atoms with Crippen LogP contribution < -0.4 is 5.73 Å². The van der Waals surface area contributed by atoms with Crippen LogP contribution in [0.5, 0.6) is 0 Å². The summed E-state index contributed by atoms with van der Waals surface area (Å²) in [7, 11) is 2.25. The van der Waals surface area contributed by atoms with Crippen LogP contribution in [0.3, 0.4) is 0 Å². The molecule has 1 aromatic heterocycles. The van der Waals surface area contributed by atoms with E-state index in [1.807, 2.05) is 0 Å². The van der Waals surface area contributed by atoms with Gasteiger partial charge in [0.25, 0.3) is 5.91 Å². The summed E-state index contributed by atoms with van der Waals surface area (Å²) in [4.78, 5) is 15.8. The Kier molecular flexibility index (Phi) is 3.72. The number of carbonyl (C=O) groups is 1. The maximum Gasteiger partial charge on any atom is 0.269 e. The molecule has 2 unspecified atom stereocenters. The zero-order valence-electron chi connectivity index (χ0n) is 14.8. The number of fused-ring (bicyclic) bond motifs is 3. The Labute approximate surface area is 157 Å². The molecule has 1 aromatic rings. The van der Waals surface area contributed by atoms with Crippen LogP contribution in [0.4, 0.5) is 0 Å². The van der Waals surface area contributed by atoms with Crippen LogP contribution in [0.15, 0.2) is 44.9 Å². The van der Waals surface area contributed by atoms with Crippen LogP contribution in [-0.2, 0) is 4.79 Å². The third-order valence-corrected chi connectivity index (χ3v) is 7.33. The Morgan fingerprint density at radius 1 is 1.27 bits per heavy atom. The third kappa shape index (κ3) is 2.43. The zero-order chi connectivity index (χ0) is 17.8. The van der Waals surface area contributed by atoms with Gasteiger partial charge in [-0.3, -0.25) is 4.79 Å². The molecule has 4 aliphatic rings. The van der Waals surface area contributed by atoms with Crippen molar-refractivity contribution < 1.29 is 4.79 Å². The highest BCUT2D eigenvalue weighted by Gasteiger charge is 2.42. The number of hydrogen-bond donors (Lipinski definition) is 1. The van der Waals surface area contributed by atoms with E-state index in [0.29, 0.717) is 23.7 Å². The van der Waals surface area contributed by atoms with E-state index in [2.05, 4.69) is 45.7 Å². The molecule has 26 heavy (non-hydrogen) atoms. The van der Waals surface area contributed by atoms with E-state index < -0.39 is 5.91 Å². The van der Waals surface area contributed by atoms with Crippen molar-refractivity contribution in [2.45, 2.75) is 44.2 Å². The number of carbonyl (C=O) groups excluding carboxylic acids is 1. The Balaban J connectivity index is 1.60. The van der Waals surface area contributed by atoms with Gasteiger partial charge in [-0.25, -0.2) is 0 Å². The molecule has 2 saturated heterocycles. The minimum atomic E-state index is -0.472. The second-order valence-electron chi connectivity index (χ2n) is 7.73. The van der Waals surface area contributed by atoms with Crippen molar-refractivity contribution in [3.8, 4) is 0 Å². The molecular formula is C20H22N4OS. The van der Waals surface area contributed by atoms with Gasteiger partial charge in [0.2, 0.25) is 0 Å². The largest absolute Gasteiger partial charge is 0.364 e. The molecule has 4 heterocycles. The standard InChI is InChI=1S/C20H22N4OS/c1-24-13-4-5-14(24)8-11(7-13)15-9-12(17-3-2-6-26-17)10-16-18(15)19(20(21)25)23-22-16/h2-3,6,9,11,13-14H,4-5,7-8,10H2,1H3,(H2,21,25). The molecule has 134 valence electrons.